The van der Waals surface area contributed by atoms with Crippen molar-refractivity contribution in [3.05, 3.63) is 23.9 Å². The highest BCUT2D eigenvalue weighted by Gasteiger charge is 2.14. The van der Waals surface area contributed by atoms with Crippen LogP contribution < -0.4 is 4.74 Å². The van der Waals surface area contributed by atoms with Crippen LogP contribution in [0.15, 0.2) is 18.3 Å². The first kappa shape index (κ1) is 16.2. The number of nitrogens with zero attached hydrogens (tertiary/aromatic N) is 3. The van der Waals surface area contributed by atoms with Gasteiger partial charge in [-0.1, -0.05) is 26.8 Å². The number of hydrogen-bond donors (Lipinski definition) is 0. The summed E-state index contributed by atoms with van der Waals surface area (Å²) < 4.78 is 5.74. The van der Waals surface area contributed by atoms with Crippen molar-refractivity contribution in [3.8, 4) is 5.88 Å². The molecule has 0 radical (unpaired) electrons. The van der Waals surface area contributed by atoms with Crippen molar-refractivity contribution in [2.24, 2.45) is 0 Å². The van der Waals surface area contributed by atoms with Crippen LogP contribution in [0.25, 0.3) is 0 Å². The van der Waals surface area contributed by atoms with Gasteiger partial charge in [0.15, 0.2) is 0 Å². The first-order valence-corrected chi connectivity index (χ1v) is 7.95. The molecule has 0 aromatic carbocycles. The van der Waals surface area contributed by atoms with Crippen molar-refractivity contribution in [2.45, 2.75) is 32.6 Å². The summed E-state index contributed by atoms with van der Waals surface area (Å²) in [5.74, 6) is 0.737. The van der Waals surface area contributed by atoms with Crippen LogP contribution in [0.1, 0.15) is 32.8 Å². The van der Waals surface area contributed by atoms with E-state index in [1.54, 1.807) is 0 Å². The molecule has 0 unspecified atom stereocenters. The number of likely N-dealkylation sites (N-methyl/N-ethyl adjacent to an activating group) is 1. The number of rotatable bonds is 5. The molecule has 0 N–H and O–H groups in total. The van der Waals surface area contributed by atoms with Gasteiger partial charge in [0.1, 0.15) is 0 Å². The molecule has 0 atom stereocenters. The second kappa shape index (κ2) is 7.23. The standard InChI is InChI=1S/C17H29N3O/c1-17(2,3)15-6-7-16(18-14-15)21-13-5-8-20-11-9-19(4)10-12-20/h6-7,14H,5,8-13H2,1-4H3. The lowest BCUT2D eigenvalue weighted by atomic mass is 9.88. The Morgan fingerprint density at radius 1 is 1.14 bits per heavy atom. The molecule has 4 heteroatoms. The van der Waals surface area contributed by atoms with Gasteiger partial charge in [-0.15, -0.1) is 0 Å². The molecule has 1 aliphatic rings. The van der Waals surface area contributed by atoms with Gasteiger partial charge in [0.2, 0.25) is 5.88 Å². The Labute approximate surface area is 129 Å². The third-order valence-corrected chi connectivity index (χ3v) is 4.07. The Kier molecular flexibility index (Phi) is 5.59. The summed E-state index contributed by atoms with van der Waals surface area (Å²) >= 11 is 0. The largest absolute Gasteiger partial charge is 0.478 e. The van der Waals surface area contributed by atoms with Crippen molar-refractivity contribution in [3.63, 3.8) is 0 Å². The molecule has 0 aliphatic carbocycles. The Bertz CT molecular complexity index is 417. The third-order valence-electron chi connectivity index (χ3n) is 4.07. The molecule has 2 heterocycles. The molecule has 0 bridgehead atoms. The van der Waals surface area contributed by atoms with Crippen LogP contribution in [0.4, 0.5) is 0 Å². The first-order valence-electron chi connectivity index (χ1n) is 7.95. The van der Waals surface area contributed by atoms with Gasteiger partial charge >= 0.3 is 0 Å². The van der Waals surface area contributed by atoms with Crippen LogP contribution in [0.5, 0.6) is 5.88 Å². The average molecular weight is 291 g/mol. The minimum atomic E-state index is 0.146. The maximum Gasteiger partial charge on any atom is 0.213 e. The zero-order valence-corrected chi connectivity index (χ0v) is 13.9. The fourth-order valence-corrected chi connectivity index (χ4v) is 2.45. The molecule has 21 heavy (non-hydrogen) atoms. The summed E-state index contributed by atoms with van der Waals surface area (Å²) in [5.41, 5.74) is 1.39. The summed E-state index contributed by atoms with van der Waals surface area (Å²) in [6.07, 6.45) is 2.99. The fraction of sp³-hybridized carbons (Fsp3) is 0.706. The highest BCUT2D eigenvalue weighted by Crippen LogP contribution is 2.22. The van der Waals surface area contributed by atoms with Crippen molar-refractivity contribution in [1.82, 2.24) is 14.8 Å². The molecule has 1 aromatic rings. The van der Waals surface area contributed by atoms with Crippen LogP contribution in [-0.2, 0) is 5.41 Å². The number of hydrogen-bond acceptors (Lipinski definition) is 4. The van der Waals surface area contributed by atoms with Gasteiger partial charge in [-0.25, -0.2) is 4.98 Å². The second-order valence-electron chi connectivity index (χ2n) is 6.98. The van der Waals surface area contributed by atoms with Gasteiger partial charge in [-0.05, 0) is 24.4 Å². The topological polar surface area (TPSA) is 28.6 Å². The molecule has 0 saturated carbocycles. The minimum absolute atomic E-state index is 0.146. The van der Waals surface area contributed by atoms with Gasteiger partial charge in [0.25, 0.3) is 0 Å². The maximum absolute atomic E-state index is 5.74. The maximum atomic E-state index is 5.74. The zero-order chi connectivity index (χ0) is 15.3. The highest BCUT2D eigenvalue weighted by molar-refractivity contribution is 5.23. The molecule has 1 aliphatic heterocycles. The van der Waals surface area contributed by atoms with Gasteiger partial charge < -0.3 is 14.5 Å². The van der Waals surface area contributed by atoms with E-state index in [0.717, 1.165) is 25.5 Å². The van der Waals surface area contributed by atoms with E-state index in [1.165, 1.54) is 31.7 Å². The first-order chi connectivity index (χ1) is 9.95. The SMILES string of the molecule is CN1CCN(CCCOc2ccc(C(C)(C)C)cn2)CC1. The van der Waals surface area contributed by atoms with Crippen LogP contribution in [0.2, 0.25) is 0 Å². The van der Waals surface area contributed by atoms with E-state index < -0.39 is 0 Å². The average Bonchev–Trinajstić information content (AvgIpc) is 2.45. The molecule has 0 amide bonds. The van der Waals surface area contributed by atoms with E-state index in [4.69, 9.17) is 4.74 Å². The lowest BCUT2D eigenvalue weighted by molar-refractivity contribution is 0.145. The predicted octanol–water partition coefficient (Wildman–Crippen LogP) is 2.40. The van der Waals surface area contributed by atoms with Crippen LogP contribution >= 0.6 is 0 Å². The van der Waals surface area contributed by atoms with E-state index in [9.17, 15) is 0 Å². The van der Waals surface area contributed by atoms with Gasteiger partial charge in [-0.2, -0.15) is 0 Å². The van der Waals surface area contributed by atoms with Crippen molar-refractivity contribution in [2.75, 3.05) is 46.4 Å². The zero-order valence-electron chi connectivity index (χ0n) is 13.9. The molecule has 2 rings (SSSR count). The molecular weight excluding hydrogens is 262 g/mol. The summed E-state index contributed by atoms with van der Waals surface area (Å²) in [6, 6.07) is 4.10. The fourth-order valence-electron chi connectivity index (χ4n) is 2.45. The lowest BCUT2D eigenvalue weighted by Gasteiger charge is -2.32. The molecule has 1 fully saturated rings. The number of aromatic nitrogens is 1. The van der Waals surface area contributed by atoms with Crippen molar-refractivity contribution < 1.29 is 4.74 Å². The molecule has 0 spiro atoms. The van der Waals surface area contributed by atoms with Crippen LogP contribution in [-0.4, -0.2) is 61.2 Å². The Morgan fingerprint density at radius 2 is 1.86 bits per heavy atom. The molecule has 1 saturated heterocycles. The van der Waals surface area contributed by atoms with Crippen molar-refractivity contribution >= 4 is 0 Å². The third kappa shape index (κ3) is 5.29. The van der Waals surface area contributed by atoms with E-state index >= 15 is 0 Å². The quantitative estimate of drug-likeness (QED) is 0.779. The van der Waals surface area contributed by atoms with Gasteiger partial charge in [0, 0.05) is 45.0 Å². The monoisotopic (exact) mass is 291 g/mol. The number of pyridine rings is 1. The summed E-state index contributed by atoms with van der Waals surface area (Å²) in [4.78, 5) is 9.29. The highest BCUT2D eigenvalue weighted by atomic mass is 16.5. The Morgan fingerprint density at radius 3 is 2.43 bits per heavy atom. The molecule has 1 aromatic heterocycles. The van der Waals surface area contributed by atoms with E-state index in [0.29, 0.717) is 0 Å². The normalized spacial score (nSPS) is 17.9. The van der Waals surface area contributed by atoms with E-state index in [1.807, 2.05) is 12.3 Å². The van der Waals surface area contributed by atoms with Crippen molar-refractivity contribution in [1.29, 1.82) is 0 Å². The summed E-state index contributed by atoms with van der Waals surface area (Å²) in [5, 5.41) is 0. The predicted molar refractivity (Wildman–Crippen MR) is 87.0 cm³/mol. The van der Waals surface area contributed by atoms with E-state index in [2.05, 4.69) is 48.7 Å². The van der Waals surface area contributed by atoms with Crippen LogP contribution in [0.3, 0.4) is 0 Å². The Hall–Kier alpha value is -1.13. The summed E-state index contributed by atoms with van der Waals surface area (Å²) in [6.45, 7) is 13.2. The number of ether oxygens (including phenoxy) is 1. The van der Waals surface area contributed by atoms with E-state index in [-0.39, 0.29) is 5.41 Å². The Balaban J connectivity index is 1.67. The second-order valence-corrected chi connectivity index (χ2v) is 6.98. The summed E-state index contributed by atoms with van der Waals surface area (Å²) in [7, 11) is 2.19. The molecular formula is C17H29N3O. The van der Waals surface area contributed by atoms with Gasteiger partial charge in [-0.3, -0.25) is 0 Å². The minimum Gasteiger partial charge on any atom is -0.478 e. The number of piperazine rings is 1. The smallest absolute Gasteiger partial charge is 0.213 e. The lowest BCUT2D eigenvalue weighted by Crippen LogP contribution is -2.44. The molecule has 118 valence electrons. The van der Waals surface area contributed by atoms with Crippen LogP contribution in [0, 0.1) is 0 Å². The van der Waals surface area contributed by atoms with Gasteiger partial charge in [0.05, 0.1) is 6.61 Å². The molecule has 4 nitrogen and oxygen atoms in total.